The van der Waals surface area contributed by atoms with Crippen LogP contribution in [0, 0.1) is 11.3 Å². The molecule has 0 amide bonds. The lowest BCUT2D eigenvalue weighted by atomic mass is 10.0. The molecule has 1 atom stereocenters. The summed E-state index contributed by atoms with van der Waals surface area (Å²) >= 11 is 0. The number of ether oxygens (including phenoxy) is 1. The Morgan fingerprint density at radius 2 is 2.17 bits per heavy atom. The van der Waals surface area contributed by atoms with Gasteiger partial charge in [0.15, 0.2) is 5.82 Å². The highest BCUT2D eigenvalue weighted by Crippen LogP contribution is 2.21. The van der Waals surface area contributed by atoms with Crippen LogP contribution in [0.15, 0.2) is 30.5 Å². The van der Waals surface area contributed by atoms with E-state index in [1.807, 2.05) is 6.20 Å². The van der Waals surface area contributed by atoms with Gasteiger partial charge < -0.3 is 9.84 Å². The molecular formula is C18H20N4O2. The Kier molecular flexibility index (Phi) is 5.16. The van der Waals surface area contributed by atoms with Crippen LogP contribution < -0.4 is 0 Å². The number of benzene rings is 1. The van der Waals surface area contributed by atoms with Crippen LogP contribution in [0.1, 0.15) is 34.3 Å². The van der Waals surface area contributed by atoms with Crippen LogP contribution in [0.25, 0.3) is 0 Å². The summed E-state index contributed by atoms with van der Waals surface area (Å²) in [5.74, 6) is 0.710. The standard InChI is InChI=1S/C18H20N4O2/c1-24-12-18-20-9-15-10-22(7-6-16(15)21-18)11-17(23)14-4-2-13(8-19)3-5-14/h2-5,9,17,23H,6-7,10-12H2,1H3. The van der Waals surface area contributed by atoms with Crippen LogP contribution in [-0.4, -0.2) is 40.2 Å². The van der Waals surface area contributed by atoms with Crippen LogP contribution in [0.5, 0.6) is 0 Å². The van der Waals surface area contributed by atoms with Crippen LogP contribution in [-0.2, 0) is 24.3 Å². The van der Waals surface area contributed by atoms with Crippen LogP contribution in [0.4, 0.5) is 0 Å². The average molecular weight is 324 g/mol. The fourth-order valence-electron chi connectivity index (χ4n) is 2.90. The largest absolute Gasteiger partial charge is 0.387 e. The molecule has 2 aromatic rings. The van der Waals surface area contributed by atoms with Gasteiger partial charge >= 0.3 is 0 Å². The Morgan fingerprint density at radius 1 is 1.38 bits per heavy atom. The molecule has 0 radical (unpaired) electrons. The number of β-amino-alcohol motifs (C(OH)–C–C–N with tert-alkyl or cyclic N) is 1. The lowest BCUT2D eigenvalue weighted by molar-refractivity contribution is 0.105. The fraction of sp³-hybridized carbons (Fsp3) is 0.389. The molecule has 0 aliphatic carbocycles. The van der Waals surface area contributed by atoms with E-state index in [1.54, 1.807) is 31.4 Å². The predicted molar refractivity (Wildman–Crippen MR) is 87.8 cm³/mol. The van der Waals surface area contributed by atoms with Crippen molar-refractivity contribution in [3.63, 3.8) is 0 Å². The van der Waals surface area contributed by atoms with Gasteiger partial charge in [-0.3, -0.25) is 4.90 Å². The van der Waals surface area contributed by atoms with Gasteiger partial charge in [-0.1, -0.05) is 12.1 Å². The minimum atomic E-state index is -0.576. The molecule has 6 nitrogen and oxygen atoms in total. The summed E-state index contributed by atoms with van der Waals surface area (Å²) in [6, 6.07) is 9.16. The second kappa shape index (κ2) is 7.49. The number of aliphatic hydroxyl groups excluding tert-OH is 1. The van der Waals surface area contributed by atoms with Crippen LogP contribution >= 0.6 is 0 Å². The number of methoxy groups -OCH3 is 1. The van der Waals surface area contributed by atoms with Crippen LogP contribution in [0.3, 0.4) is 0 Å². The minimum absolute atomic E-state index is 0.425. The highest BCUT2D eigenvalue weighted by molar-refractivity contribution is 5.32. The number of fused-ring (bicyclic) bond motifs is 1. The van der Waals surface area contributed by atoms with Gasteiger partial charge in [0, 0.05) is 50.6 Å². The summed E-state index contributed by atoms with van der Waals surface area (Å²) < 4.78 is 5.07. The first-order valence-electron chi connectivity index (χ1n) is 7.92. The summed E-state index contributed by atoms with van der Waals surface area (Å²) in [7, 11) is 1.63. The third-order valence-corrected chi connectivity index (χ3v) is 4.19. The molecule has 1 unspecified atom stereocenters. The number of nitriles is 1. The molecule has 3 rings (SSSR count). The zero-order chi connectivity index (χ0) is 16.9. The van der Waals surface area contributed by atoms with Crippen molar-refractivity contribution < 1.29 is 9.84 Å². The van der Waals surface area contributed by atoms with Gasteiger partial charge in [-0.2, -0.15) is 5.26 Å². The number of aliphatic hydroxyl groups is 1. The third kappa shape index (κ3) is 3.77. The van der Waals surface area contributed by atoms with Crippen molar-refractivity contribution in [2.75, 3.05) is 20.2 Å². The third-order valence-electron chi connectivity index (χ3n) is 4.19. The Balaban J connectivity index is 1.63. The van der Waals surface area contributed by atoms with E-state index >= 15 is 0 Å². The molecule has 1 aromatic heterocycles. The van der Waals surface area contributed by atoms with Gasteiger partial charge in [0.2, 0.25) is 0 Å². The van der Waals surface area contributed by atoms with Crippen molar-refractivity contribution in [2.45, 2.75) is 25.7 Å². The average Bonchev–Trinajstić information content (AvgIpc) is 2.62. The second-order valence-electron chi connectivity index (χ2n) is 5.93. The van der Waals surface area contributed by atoms with Crippen molar-refractivity contribution in [1.82, 2.24) is 14.9 Å². The van der Waals surface area contributed by atoms with E-state index in [9.17, 15) is 5.11 Å². The van der Waals surface area contributed by atoms with Crippen LogP contribution in [0.2, 0.25) is 0 Å². The molecular weight excluding hydrogens is 304 g/mol. The zero-order valence-electron chi connectivity index (χ0n) is 13.6. The van der Waals surface area contributed by atoms with E-state index in [2.05, 4.69) is 20.9 Å². The van der Waals surface area contributed by atoms with E-state index in [0.29, 0.717) is 24.5 Å². The van der Waals surface area contributed by atoms with Gasteiger partial charge in [-0.15, -0.1) is 0 Å². The van der Waals surface area contributed by atoms with Gasteiger partial charge in [-0.05, 0) is 17.7 Å². The highest BCUT2D eigenvalue weighted by Gasteiger charge is 2.21. The first-order chi connectivity index (χ1) is 11.7. The van der Waals surface area contributed by atoms with Gasteiger partial charge in [-0.25, -0.2) is 9.97 Å². The fourth-order valence-corrected chi connectivity index (χ4v) is 2.90. The molecule has 0 spiro atoms. The Hall–Kier alpha value is -2.33. The molecule has 124 valence electrons. The monoisotopic (exact) mass is 324 g/mol. The zero-order valence-corrected chi connectivity index (χ0v) is 13.6. The summed E-state index contributed by atoms with van der Waals surface area (Å²) in [4.78, 5) is 11.1. The highest BCUT2D eigenvalue weighted by atomic mass is 16.5. The lowest BCUT2D eigenvalue weighted by Crippen LogP contribution is -2.34. The maximum atomic E-state index is 10.4. The number of hydrogen-bond acceptors (Lipinski definition) is 6. The molecule has 24 heavy (non-hydrogen) atoms. The molecule has 0 bridgehead atoms. The smallest absolute Gasteiger partial charge is 0.154 e. The van der Waals surface area contributed by atoms with Crippen molar-refractivity contribution in [2.24, 2.45) is 0 Å². The molecule has 0 saturated heterocycles. The molecule has 1 aromatic carbocycles. The summed E-state index contributed by atoms with van der Waals surface area (Å²) in [5.41, 5.74) is 3.60. The van der Waals surface area contributed by atoms with Crippen molar-refractivity contribution >= 4 is 0 Å². The summed E-state index contributed by atoms with van der Waals surface area (Å²) in [5, 5.41) is 19.3. The molecule has 0 saturated carbocycles. The Morgan fingerprint density at radius 3 is 2.88 bits per heavy atom. The maximum Gasteiger partial charge on any atom is 0.154 e. The maximum absolute atomic E-state index is 10.4. The SMILES string of the molecule is COCc1ncc2c(n1)CCN(CC(O)c1ccc(C#N)cc1)C2. The number of aromatic nitrogens is 2. The molecule has 1 aliphatic rings. The lowest BCUT2D eigenvalue weighted by Gasteiger charge is -2.29. The van der Waals surface area contributed by atoms with E-state index < -0.39 is 6.10 Å². The number of hydrogen-bond donors (Lipinski definition) is 1. The predicted octanol–water partition coefficient (Wildman–Crippen LogP) is 1.59. The van der Waals surface area contributed by atoms with Crippen molar-refractivity contribution in [1.29, 1.82) is 5.26 Å². The van der Waals surface area contributed by atoms with Gasteiger partial charge in [0.25, 0.3) is 0 Å². The first-order valence-corrected chi connectivity index (χ1v) is 7.92. The summed E-state index contributed by atoms with van der Waals surface area (Å²) in [6.45, 7) is 2.55. The minimum Gasteiger partial charge on any atom is -0.387 e. The second-order valence-corrected chi connectivity index (χ2v) is 5.93. The molecule has 2 heterocycles. The van der Waals surface area contributed by atoms with Crippen molar-refractivity contribution in [3.8, 4) is 6.07 Å². The molecule has 6 heteroatoms. The Bertz CT molecular complexity index is 740. The molecule has 1 aliphatic heterocycles. The number of nitrogens with zero attached hydrogens (tertiary/aromatic N) is 4. The summed E-state index contributed by atoms with van der Waals surface area (Å²) in [6.07, 6.45) is 2.12. The van der Waals surface area contributed by atoms with Gasteiger partial charge in [0.05, 0.1) is 17.7 Å². The quantitative estimate of drug-likeness (QED) is 0.899. The molecule has 1 N–H and O–H groups in total. The van der Waals surface area contributed by atoms with E-state index in [-0.39, 0.29) is 0 Å². The van der Waals surface area contributed by atoms with Gasteiger partial charge in [0.1, 0.15) is 6.61 Å². The van der Waals surface area contributed by atoms with E-state index in [4.69, 9.17) is 10.00 Å². The Labute approximate surface area is 141 Å². The molecule has 0 fully saturated rings. The van der Waals surface area contributed by atoms with Crippen molar-refractivity contribution in [3.05, 3.63) is 58.7 Å². The first kappa shape index (κ1) is 16.5. The van der Waals surface area contributed by atoms with E-state index in [0.717, 1.165) is 36.3 Å². The van der Waals surface area contributed by atoms with E-state index in [1.165, 1.54) is 0 Å². The topological polar surface area (TPSA) is 82.3 Å². The number of rotatable bonds is 5. The normalized spacial score (nSPS) is 15.5.